The molecule has 0 unspecified atom stereocenters. The van der Waals surface area contributed by atoms with Crippen molar-refractivity contribution in [3.63, 3.8) is 0 Å². The van der Waals surface area contributed by atoms with Crippen molar-refractivity contribution in [2.24, 2.45) is 7.05 Å². The second kappa shape index (κ2) is 4.87. The van der Waals surface area contributed by atoms with Crippen LogP contribution in [0.3, 0.4) is 0 Å². The lowest BCUT2D eigenvalue weighted by Gasteiger charge is -2.26. The van der Waals surface area contributed by atoms with Crippen LogP contribution in [-0.2, 0) is 20.0 Å². The summed E-state index contributed by atoms with van der Waals surface area (Å²) in [6.45, 7) is 4.89. The fraction of sp³-hybridized carbons (Fsp3) is 0.400. The molecule has 2 aromatic rings. The van der Waals surface area contributed by atoms with Crippen LogP contribution in [0.15, 0.2) is 17.1 Å². The number of nitrogens with one attached hydrogen (secondary N) is 1. The van der Waals surface area contributed by atoms with E-state index in [1.807, 2.05) is 13.8 Å². The van der Waals surface area contributed by atoms with Gasteiger partial charge in [-0.2, -0.15) is 5.10 Å². The molecule has 0 bridgehead atoms. The third kappa shape index (κ3) is 2.16. The van der Waals surface area contributed by atoms with E-state index in [1.165, 1.54) is 4.57 Å². The summed E-state index contributed by atoms with van der Waals surface area (Å²) in [5.41, 5.74) is 3.93. The molecule has 21 heavy (non-hydrogen) atoms. The van der Waals surface area contributed by atoms with Gasteiger partial charge in [-0.1, -0.05) is 0 Å². The summed E-state index contributed by atoms with van der Waals surface area (Å²) in [4.78, 5) is 26.7. The molecule has 1 aliphatic rings. The van der Waals surface area contributed by atoms with Gasteiger partial charge in [0.15, 0.2) is 0 Å². The van der Waals surface area contributed by atoms with E-state index in [9.17, 15) is 9.59 Å². The maximum absolute atomic E-state index is 12.6. The molecule has 6 nitrogen and oxygen atoms in total. The summed E-state index contributed by atoms with van der Waals surface area (Å²) >= 11 is 0. The van der Waals surface area contributed by atoms with Gasteiger partial charge in [0, 0.05) is 43.5 Å². The lowest BCUT2D eigenvalue weighted by Crippen LogP contribution is -2.39. The summed E-state index contributed by atoms with van der Waals surface area (Å²) in [6, 6.07) is 1.70. The van der Waals surface area contributed by atoms with Crippen LogP contribution >= 0.6 is 0 Å². The van der Waals surface area contributed by atoms with Gasteiger partial charge in [0.05, 0.1) is 6.20 Å². The molecule has 0 saturated carbocycles. The van der Waals surface area contributed by atoms with Gasteiger partial charge < -0.3 is 9.47 Å². The molecule has 0 saturated heterocycles. The second-order valence-electron chi connectivity index (χ2n) is 5.54. The van der Waals surface area contributed by atoms with Crippen molar-refractivity contribution in [1.29, 1.82) is 0 Å². The molecule has 1 N–H and O–H groups in total. The highest BCUT2D eigenvalue weighted by atomic mass is 16.2. The number of fused-ring (bicyclic) bond motifs is 1. The number of hydrogen-bond acceptors (Lipinski definition) is 3. The number of rotatable bonds is 1. The Hall–Kier alpha value is -2.37. The smallest absolute Gasteiger partial charge is 0.263 e. The first-order chi connectivity index (χ1) is 9.99. The first-order valence-electron chi connectivity index (χ1n) is 6.96. The number of carbonyl (C=O) groups is 1. The molecule has 6 heteroatoms. The van der Waals surface area contributed by atoms with Crippen LogP contribution in [-0.4, -0.2) is 32.1 Å². The van der Waals surface area contributed by atoms with Gasteiger partial charge in [-0.25, -0.2) is 0 Å². The summed E-state index contributed by atoms with van der Waals surface area (Å²) in [7, 11) is 1.70. The molecule has 0 atom stereocenters. The van der Waals surface area contributed by atoms with E-state index < -0.39 is 0 Å². The quantitative estimate of drug-likeness (QED) is 0.847. The number of amides is 1. The van der Waals surface area contributed by atoms with E-state index in [0.29, 0.717) is 13.1 Å². The zero-order valence-electron chi connectivity index (χ0n) is 12.4. The van der Waals surface area contributed by atoms with Crippen LogP contribution in [0.2, 0.25) is 0 Å². The van der Waals surface area contributed by atoms with Crippen molar-refractivity contribution in [3.05, 3.63) is 50.7 Å². The Kier molecular flexibility index (Phi) is 3.16. The lowest BCUT2D eigenvalue weighted by atomic mass is 10.1. The van der Waals surface area contributed by atoms with Gasteiger partial charge in [-0.3, -0.25) is 14.7 Å². The van der Waals surface area contributed by atoms with Gasteiger partial charge >= 0.3 is 0 Å². The van der Waals surface area contributed by atoms with E-state index in [1.54, 1.807) is 24.2 Å². The van der Waals surface area contributed by atoms with E-state index in [2.05, 4.69) is 10.2 Å². The van der Waals surface area contributed by atoms with Crippen LogP contribution in [0.5, 0.6) is 0 Å². The summed E-state index contributed by atoms with van der Waals surface area (Å²) in [6.07, 6.45) is 2.49. The van der Waals surface area contributed by atoms with Crippen LogP contribution in [0.1, 0.15) is 32.9 Å². The Bertz CT molecular complexity index is 772. The van der Waals surface area contributed by atoms with E-state index in [4.69, 9.17) is 0 Å². The molecule has 0 spiro atoms. The summed E-state index contributed by atoms with van der Waals surface area (Å²) < 4.78 is 1.54. The van der Waals surface area contributed by atoms with Gasteiger partial charge in [0.2, 0.25) is 0 Å². The van der Waals surface area contributed by atoms with Crippen LogP contribution < -0.4 is 5.56 Å². The Balaban J connectivity index is 1.96. The monoisotopic (exact) mass is 286 g/mol. The first kappa shape index (κ1) is 13.6. The molecular weight excluding hydrogens is 268 g/mol. The fourth-order valence-electron chi connectivity index (χ4n) is 2.70. The number of carbonyl (C=O) groups excluding carboxylic acids is 1. The van der Waals surface area contributed by atoms with Crippen molar-refractivity contribution in [3.8, 4) is 0 Å². The molecule has 1 aliphatic heterocycles. The third-order valence-corrected chi connectivity index (χ3v) is 4.29. The van der Waals surface area contributed by atoms with Crippen LogP contribution in [0, 0.1) is 13.8 Å². The predicted octanol–water partition coefficient (Wildman–Crippen LogP) is 0.924. The summed E-state index contributed by atoms with van der Waals surface area (Å²) in [5, 5.41) is 6.94. The number of aromatic amines is 1. The number of H-pyrrole nitrogens is 1. The van der Waals surface area contributed by atoms with Crippen LogP contribution in [0.25, 0.3) is 0 Å². The minimum Gasteiger partial charge on any atom is -0.334 e. The minimum absolute atomic E-state index is 0.203. The zero-order chi connectivity index (χ0) is 15.1. The van der Waals surface area contributed by atoms with Crippen molar-refractivity contribution >= 4 is 5.91 Å². The Morgan fingerprint density at radius 3 is 2.90 bits per heavy atom. The molecule has 3 heterocycles. The third-order valence-electron chi connectivity index (χ3n) is 4.29. The number of pyridine rings is 1. The fourth-order valence-corrected chi connectivity index (χ4v) is 2.70. The van der Waals surface area contributed by atoms with E-state index in [-0.39, 0.29) is 17.0 Å². The highest BCUT2D eigenvalue weighted by Crippen LogP contribution is 2.18. The van der Waals surface area contributed by atoms with Crippen molar-refractivity contribution < 1.29 is 4.79 Å². The average molecular weight is 286 g/mol. The van der Waals surface area contributed by atoms with Gasteiger partial charge in [-0.15, -0.1) is 0 Å². The highest BCUT2D eigenvalue weighted by Gasteiger charge is 2.25. The molecule has 0 aliphatic carbocycles. The van der Waals surface area contributed by atoms with E-state index >= 15 is 0 Å². The zero-order valence-corrected chi connectivity index (χ0v) is 12.4. The van der Waals surface area contributed by atoms with E-state index in [0.717, 1.165) is 28.9 Å². The highest BCUT2D eigenvalue weighted by molar-refractivity contribution is 5.94. The lowest BCUT2D eigenvalue weighted by molar-refractivity contribution is 0.0731. The van der Waals surface area contributed by atoms with Gasteiger partial charge in [0.25, 0.3) is 11.5 Å². The molecule has 3 rings (SSSR count). The molecule has 1 amide bonds. The summed E-state index contributed by atoms with van der Waals surface area (Å²) in [5.74, 6) is -0.203. The molecule has 110 valence electrons. The van der Waals surface area contributed by atoms with Crippen molar-refractivity contribution in [2.75, 3.05) is 6.54 Å². The average Bonchev–Trinajstić information content (AvgIpc) is 2.95. The van der Waals surface area contributed by atoms with Gasteiger partial charge in [-0.05, 0) is 25.5 Å². The van der Waals surface area contributed by atoms with Gasteiger partial charge in [0.1, 0.15) is 5.56 Å². The Morgan fingerprint density at radius 2 is 2.14 bits per heavy atom. The molecule has 0 fully saturated rings. The predicted molar refractivity (Wildman–Crippen MR) is 78.2 cm³/mol. The number of aromatic nitrogens is 3. The SMILES string of the molecule is Cc1cc(C(=O)N2CCc3[nH]ncc3C2)c(=O)n(C)c1C. The molecule has 0 radical (unpaired) electrons. The maximum Gasteiger partial charge on any atom is 0.263 e. The van der Waals surface area contributed by atoms with Crippen LogP contribution in [0.4, 0.5) is 0 Å². The minimum atomic E-state index is -0.235. The number of aryl methyl sites for hydroxylation is 1. The largest absolute Gasteiger partial charge is 0.334 e. The van der Waals surface area contributed by atoms with Crippen molar-refractivity contribution in [2.45, 2.75) is 26.8 Å². The standard InChI is InChI=1S/C15H18N4O2/c1-9-6-12(14(20)18(3)10(9)2)15(21)19-5-4-13-11(8-19)7-16-17-13/h6-7H,4-5,8H2,1-3H3,(H,16,17). The molecule has 2 aromatic heterocycles. The Morgan fingerprint density at radius 1 is 1.38 bits per heavy atom. The Labute approximate surface area is 122 Å². The second-order valence-corrected chi connectivity index (χ2v) is 5.54. The first-order valence-corrected chi connectivity index (χ1v) is 6.96. The molecule has 0 aromatic carbocycles. The maximum atomic E-state index is 12.6. The molecular formula is C15H18N4O2. The van der Waals surface area contributed by atoms with Crippen molar-refractivity contribution in [1.82, 2.24) is 19.7 Å². The normalized spacial score (nSPS) is 14.1. The number of hydrogen-bond donors (Lipinski definition) is 1. The number of nitrogens with zero attached hydrogens (tertiary/aromatic N) is 3. The topological polar surface area (TPSA) is 71.0 Å².